The average Bonchev–Trinajstić information content (AvgIpc) is 0.780. The Balaban J connectivity index is 0.000000172. The van der Waals surface area contributed by atoms with Crippen LogP contribution in [0, 0.1) is 57.0 Å². The van der Waals surface area contributed by atoms with Gasteiger partial charge in [-0.2, -0.15) is 4.39 Å². The second-order valence-electron chi connectivity index (χ2n) is 29.4. The first kappa shape index (κ1) is 90.1. The van der Waals surface area contributed by atoms with Crippen LogP contribution in [0.5, 0.6) is 0 Å². The van der Waals surface area contributed by atoms with Crippen molar-refractivity contribution in [2.24, 2.45) is 5.92 Å². The number of fused-ring (bicyclic) bond motifs is 4. The number of halogens is 8. The SMILES string of the molecule is CC(C)N1CC(C=O)C(=O)c2cc(F)c(Cl)nc21.CC(C)n1cc(C=O)c(=O)c2cc(F)c(Cl)nc21.CC(C)n1ccc(=O)c2cc(F)c(Cl)nc21.Cc1ccc(N2CCC[C@H](N(Cc3ccnc(C)c3)Cc3cn(C(C)C)c4cc(Cl)c(F)nc4c3=O)C2)cn1.Cc1ccc(N2CCC[C@H](NCc3ccnc(C)c3)C2)cn1.[O]=[Mn]=[O]. The number of aryl methyl sites for hydroxylation is 4. The molecular weight excluding hydrogens is 1620 g/mol. The third-order valence-corrected chi connectivity index (χ3v) is 20.7. The average molecular weight is 1710 g/mol. The van der Waals surface area contributed by atoms with Crippen molar-refractivity contribution < 1.29 is 54.4 Å². The van der Waals surface area contributed by atoms with Crippen molar-refractivity contribution in [3.8, 4) is 0 Å². The molecule has 613 valence electrons. The molecule has 3 aliphatic rings. The van der Waals surface area contributed by atoms with Crippen molar-refractivity contribution >= 4 is 115 Å². The molecule has 0 aromatic carbocycles. The van der Waals surface area contributed by atoms with Crippen LogP contribution < -0.4 is 36.3 Å². The number of hydrogen-bond donors (Lipinski definition) is 1. The molecule has 24 nitrogen and oxygen atoms in total. The van der Waals surface area contributed by atoms with Crippen LogP contribution in [0.3, 0.4) is 0 Å². The summed E-state index contributed by atoms with van der Waals surface area (Å²) in [4.78, 5) is 113. The first-order chi connectivity index (χ1) is 55.2. The van der Waals surface area contributed by atoms with Crippen molar-refractivity contribution in [1.29, 1.82) is 0 Å². The fourth-order valence-electron chi connectivity index (χ4n) is 13.7. The number of nitrogens with one attached hydrogen (secondary N) is 1. The van der Waals surface area contributed by atoms with Crippen LogP contribution in [0.2, 0.25) is 20.5 Å². The second kappa shape index (κ2) is 41.3. The molecule has 2 saturated heterocycles. The van der Waals surface area contributed by atoms with E-state index in [-0.39, 0.29) is 101 Å². The van der Waals surface area contributed by atoms with Gasteiger partial charge in [0.05, 0.1) is 62.1 Å². The molecule has 1 N–H and O–H groups in total. The molecule has 14 heterocycles. The number of aromatic nitrogens is 11. The van der Waals surface area contributed by atoms with Crippen molar-refractivity contribution in [2.45, 2.75) is 165 Å². The Labute approximate surface area is 694 Å². The number of pyridine rings is 11. The van der Waals surface area contributed by atoms with Crippen LogP contribution in [0.1, 0.15) is 159 Å². The number of carbonyl (C=O) groups is 3. The Bertz CT molecular complexity index is 5590. The van der Waals surface area contributed by atoms with E-state index in [1.807, 2.05) is 131 Å². The predicted molar refractivity (Wildman–Crippen MR) is 439 cm³/mol. The summed E-state index contributed by atoms with van der Waals surface area (Å²) in [5, 5.41) is 3.12. The first-order valence-corrected chi connectivity index (χ1v) is 40.0. The van der Waals surface area contributed by atoms with Gasteiger partial charge in [0.25, 0.3) is 0 Å². The number of anilines is 3. The van der Waals surface area contributed by atoms with Gasteiger partial charge in [-0.1, -0.05) is 46.4 Å². The summed E-state index contributed by atoms with van der Waals surface area (Å²) in [6.45, 7) is 29.7. The predicted octanol–water partition coefficient (Wildman–Crippen LogP) is 15.9. The third-order valence-electron chi connectivity index (χ3n) is 19.6. The van der Waals surface area contributed by atoms with E-state index in [1.54, 1.807) is 20.2 Å². The van der Waals surface area contributed by atoms with Crippen LogP contribution in [0.15, 0.2) is 137 Å². The molecule has 0 amide bonds. The Morgan fingerprint density at radius 2 is 1.13 bits per heavy atom. The van der Waals surface area contributed by atoms with E-state index < -0.39 is 55.4 Å². The molecule has 0 spiro atoms. The molecule has 116 heavy (non-hydrogen) atoms. The van der Waals surface area contributed by atoms with Gasteiger partial charge in [0, 0.05) is 154 Å². The maximum absolute atomic E-state index is 14.4. The normalized spacial score (nSPS) is 15.2. The van der Waals surface area contributed by atoms with E-state index in [0.29, 0.717) is 54.2 Å². The number of aldehydes is 2. The van der Waals surface area contributed by atoms with E-state index in [2.05, 4.69) is 96.3 Å². The molecule has 33 heteroatoms. The second-order valence-corrected chi connectivity index (χ2v) is 31.1. The van der Waals surface area contributed by atoms with Crippen LogP contribution in [0.4, 0.5) is 34.8 Å². The summed E-state index contributed by atoms with van der Waals surface area (Å²) in [6.07, 6.45) is 18.1. The Hall–Kier alpha value is -9.84. The van der Waals surface area contributed by atoms with E-state index in [9.17, 15) is 46.3 Å². The number of nitrogens with zero attached hydrogens (tertiary/aromatic N) is 15. The van der Waals surface area contributed by atoms with Gasteiger partial charge in [0.15, 0.2) is 50.4 Å². The number of piperidine rings is 2. The zero-order valence-corrected chi connectivity index (χ0v) is 70.3. The molecule has 0 bridgehead atoms. The fraction of sp³-hybridized carbons (Fsp3) is 0.373. The number of ketones is 1. The van der Waals surface area contributed by atoms with Crippen LogP contribution >= 0.6 is 46.4 Å². The van der Waals surface area contributed by atoms with Crippen molar-refractivity contribution in [3.05, 3.63) is 247 Å². The van der Waals surface area contributed by atoms with Crippen molar-refractivity contribution in [1.82, 2.24) is 63.8 Å². The fourth-order valence-corrected chi connectivity index (χ4v) is 14.2. The molecule has 11 aromatic rings. The summed E-state index contributed by atoms with van der Waals surface area (Å²) in [7, 11) is 0. The van der Waals surface area contributed by atoms with Gasteiger partial charge in [-0.3, -0.25) is 48.8 Å². The summed E-state index contributed by atoms with van der Waals surface area (Å²) >= 11 is 21.5. The van der Waals surface area contributed by atoms with Crippen molar-refractivity contribution in [3.63, 3.8) is 0 Å². The molecule has 0 aliphatic carbocycles. The molecule has 11 aromatic heterocycles. The zero-order valence-electron chi connectivity index (χ0n) is 66.1. The van der Waals surface area contributed by atoms with Gasteiger partial charge in [0.2, 0.25) is 16.8 Å². The number of rotatable bonds is 16. The number of Topliss-reactive ketones (excluding diaryl/α,β-unsaturated/α-hetero) is 1. The standard InChI is InChI=1S/C30H34ClFN6O.C18H24N4.C12H12ClFN2O2.C12H10ClFN2O2.C11H10ClFN2O.Mn.2O/c1-19(2)38-17-23(29(39)28-27(38)13-26(31)30(32)35-28)16-37(15-22-9-10-33-21(4)12-22)25-6-5-11-36(18-25)24-8-7-20(3)34-14-24;1-14-5-6-18(12-20-14)22-9-3-4-17(13-22)21-11-16-7-8-19-15(2)10-16;2*1-6(2)16-4-7(5-17)10(18)8-3-9(14)11(13)15-12(8)16;1-6(2)15-4-3-9(16)7-5-8(13)10(12)14-11(7)15;;;/h7-10,12-14,17,19,25H,5-6,11,15-16,18H2,1-4H3;5-8,10,12,17,21H,3-4,9,11,13H2,1-2H3;3,5-7H,4H2,1-2H3;3-6H,1-2H3;3-6H,1-2H3;;;/t25-;17-;;;;;;/m00....../s1. The maximum atomic E-state index is 14.4. The van der Waals surface area contributed by atoms with Gasteiger partial charge in [0.1, 0.15) is 28.9 Å². The Morgan fingerprint density at radius 1 is 0.578 bits per heavy atom. The Morgan fingerprint density at radius 3 is 1.69 bits per heavy atom. The summed E-state index contributed by atoms with van der Waals surface area (Å²) in [5.41, 5.74) is 9.83. The molecule has 0 radical (unpaired) electrons. The van der Waals surface area contributed by atoms with E-state index in [1.165, 1.54) is 42.4 Å². The molecular formula is C83H90Cl4F4MnN16O8. The summed E-state index contributed by atoms with van der Waals surface area (Å²) in [5.74, 6) is -3.86. The molecule has 14 rings (SSSR count). The molecule has 3 atom stereocenters. The zero-order chi connectivity index (χ0) is 84.5. The van der Waals surface area contributed by atoms with E-state index in [4.69, 9.17) is 54.1 Å². The minimum atomic E-state index is -1.44. The summed E-state index contributed by atoms with van der Waals surface area (Å²) in [6, 6.07) is 23.8. The molecule has 2 fully saturated rings. The van der Waals surface area contributed by atoms with Gasteiger partial charge in [-0.15, -0.1) is 0 Å². The van der Waals surface area contributed by atoms with E-state index in [0.717, 1.165) is 97.8 Å². The monoisotopic (exact) mass is 1710 g/mol. The number of hydrogen-bond acceptors (Lipinski definition) is 21. The minimum absolute atomic E-state index is 0.0280. The van der Waals surface area contributed by atoms with E-state index >= 15 is 0 Å². The quantitative estimate of drug-likeness (QED) is 0.0309. The summed E-state index contributed by atoms with van der Waals surface area (Å²) < 4.78 is 76.5. The van der Waals surface area contributed by atoms with Crippen LogP contribution in [-0.2, 0) is 46.9 Å². The van der Waals surface area contributed by atoms with Gasteiger partial charge >= 0.3 is 22.5 Å². The van der Waals surface area contributed by atoms with Gasteiger partial charge in [-0.25, -0.2) is 33.1 Å². The topological polar surface area (TPSA) is 279 Å². The van der Waals surface area contributed by atoms with Crippen molar-refractivity contribution in [2.75, 3.05) is 47.4 Å². The van der Waals surface area contributed by atoms with Gasteiger partial charge in [-0.05, 0) is 193 Å². The first-order valence-electron chi connectivity index (χ1n) is 37.5. The molecule has 0 saturated carbocycles. The molecule has 3 aliphatic heterocycles. The Kier molecular flexibility index (Phi) is 32.1. The van der Waals surface area contributed by atoms with Crippen LogP contribution in [0.25, 0.3) is 33.1 Å². The van der Waals surface area contributed by atoms with Crippen LogP contribution in [-0.4, -0.2) is 128 Å². The van der Waals surface area contributed by atoms with Gasteiger partial charge < -0.3 is 38.5 Å². The molecule has 1 unspecified atom stereocenters. The number of carbonyl (C=O) groups excluding carboxylic acids is 3. The third kappa shape index (κ3) is 22.9.